The molecule has 3 atom stereocenters. The van der Waals surface area contributed by atoms with E-state index in [0.29, 0.717) is 73.0 Å². The number of hydrogen-bond donors (Lipinski definition) is 5. The molecule has 0 aliphatic carbocycles. The molecule has 9 aromatic heterocycles. The minimum Gasteiger partial charge on any atom is -0.444 e. The van der Waals surface area contributed by atoms with Crippen molar-refractivity contribution in [2.75, 3.05) is 39.3 Å². The predicted octanol–water partition coefficient (Wildman–Crippen LogP) is 9.41. The highest BCUT2D eigenvalue weighted by Crippen LogP contribution is 2.31. The first-order chi connectivity index (χ1) is 36.9. The van der Waals surface area contributed by atoms with E-state index in [1.54, 1.807) is 23.5 Å². The minimum absolute atomic E-state index is 0.0753. The summed E-state index contributed by atoms with van der Waals surface area (Å²) in [6.07, 6.45) is 14.5. The van der Waals surface area contributed by atoms with Crippen molar-refractivity contribution in [3.05, 3.63) is 137 Å². The van der Waals surface area contributed by atoms with Crippen molar-refractivity contribution < 1.29 is 9.53 Å². The van der Waals surface area contributed by atoms with Gasteiger partial charge in [0.1, 0.15) is 36.8 Å². The number of H-pyrrole nitrogens is 3. The molecule has 1 amide bonds. The molecule has 3 aliphatic rings. The third-order valence-corrected chi connectivity index (χ3v) is 16.8. The fourth-order valence-electron chi connectivity index (χ4n) is 10.1. The summed E-state index contributed by atoms with van der Waals surface area (Å²) in [5.74, 6) is 3.13. The van der Waals surface area contributed by atoms with Crippen LogP contribution in [-0.4, -0.2) is 101 Å². The van der Waals surface area contributed by atoms with Crippen molar-refractivity contribution in [2.24, 2.45) is 17.8 Å². The molecule has 17 nitrogen and oxygen atoms in total. The summed E-state index contributed by atoms with van der Waals surface area (Å²) in [6, 6.07) is 16.8. The summed E-state index contributed by atoms with van der Waals surface area (Å²) in [7, 11) is 0. The van der Waals surface area contributed by atoms with Crippen LogP contribution in [0.4, 0.5) is 4.79 Å². The number of aromatic amines is 3. The summed E-state index contributed by atoms with van der Waals surface area (Å²) in [4.78, 5) is 87.1. The average molecular weight is 1080 g/mol. The van der Waals surface area contributed by atoms with Gasteiger partial charge in [0.2, 0.25) is 0 Å². The number of aromatic nitrogens is 9. The molecule has 9 aromatic rings. The van der Waals surface area contributed by atoms with Crippen molar-refractivity contribution in [2.45, 2.75) is 84.2 Å². The average Bonchev–Trinajstić information content (AvgIpc) is 4.18. The summed E-state index contributed by atoms with van der Waals surface area (Å²) >= 11 is 4.39. The first kappa shape index (κ1) is 52.6. The number of fused-ring (bicyclic) bond motifs is 3. The lowest BCUT2D eigenvalue weighted by Gasteiger charge is -2.34. The van der Waals surface area contributed by atoms with Gasteiger partial charge in [-0.25, -0.2) is 19.7 Å². The molecule has 76 heavy (non-hydrogen) atoms. The van der Waals surface area contributed by atoms with Gasteiger partial charge in [-0.2, -0.15) is 0 Å². The number of ether oxygens (including phenoxy) is 1. The van der Waals surface area contributed by atoms with Crippen LogP contribution in [0.1, 0.15) is 76.0 Å². The van der Waals surface area contributed by atoms with Crippen molar-refractivity contribution >= 4 is 70.8 Å². The molecule has 0 bridgehead atoms. The molecule has 3 aliphatic heterocycles. The molecule has 3 unspecified atom stereocenters. The highest BCUT2D eigenvalue weighted by Gasteiger charge is 2.29. The van der Waals surface area contributed by atoms with Crippen LogP contribution in [0.2, 0.25) is 0 Å². The molecule has 0 aromatic carbocycles. The third-order valence-electron chi connectivity index (χ3n) is 13.7. The van der Waals surface area contributed by atoms with Crippen LogP contribution in [-0.2, 0) is 24.0 Å². The van der Waals surface area contributed by atoms with Crippen LogP contribution in [0.3, 0.4) is 0 Å². The smallest absolute Gasteiger partial charge is 0.410 e. The van der Waals surface area contributed by atoms with Crippen molar-refractivity contribution in [1.82, 2.24) is 60.4 Å². The van der Waals surface area contributed by atoms with Crippen LogP contribution in [0.25, 0.3) is 65.2 Å². The first-order valence-corrected chi connectivity index (χ1v) is 28.7. The Morgan fingerprint density at radius 1 is 0.579 bits per heavy atom. The van der Waals surface area contributed by atoms with E-state index in [4.69, 9.17) is 19.7 Å². The molecular formula is C56H62N12O5S3. The molecule has 0 saturated carbocycles. The quantitative estimate of drug-likeness (QED) is 0.0908. The number of likely N-dealkylation sites (tertiary alicyclic amines) is 1. The largest absolute Gasteiger partial charge is 0.444 e. The molecule has 12 heterocycles. The fraction of sp³-hybridized carbons (Fsp3) is 0.393. The van der Waals surface area contributed by atoms with E-state index in [1.807, 2.05) is 80.7 Å². The first-order valence-electron chi connectivity index (χ1n) is 26.1. The zero-order valence-corrected chi connectivity index (χ0v) is 45.3. The summed E-state index contributed by atoms with van der Waals surface area (Å²) < 4.78 is 7.59. The highest BCUT2D eigenvalue weighted by atomic mass is 32.1. The van der Waals surface area contributed by atoms with E-state index >= 15 is 0 Å². The predicted molar refractivity (Wildman–Crippen MR) is 303 cm³/mol. The number of carbonyl (C=O) groups is 1. The molecule has 12 rings (SSSR count). The van der Waals surface area contributed by atoms with Gasteiger partial charge < -0.3 is 35.2 Å². The van der Waals surface area contributed by atoms with Gasteiger partial charge in [-0.3, -0.25) is 29.3 Å². The normalized spacial score (nSPS) is 17.9. The number of carbonyl (C=O) groups excluding carboxylic acids is 1. The van der Waals surface area contributed by atoms with E-state index < -0.39 is 5.60 Å². The molecule has 5 N–H and O–H groups in total. The molecular weight excluding hydrogens is 1020 g/mol. The SMILES string of the molecule is CC(C)(C)OC(=O)N1CCCC(Cc2csc3c(=O)[nH]c(-c4ccccn4)nc23)C1.O=c1[nH]c(-c2ccccn2)nc2c(CC3CCCNC3)csc12.O=c1[nH]c(-c2ccccn2)nc2c(CC3CCCNC3)csc12. The topological polar surface area (TPSA) is 230 Å². The van der Waals surface area contributed by atoms with Crippen molar-refractivity contribution in [3.63, 3.8) is 0 Å². The van der Waals surface area contributed by atoms with E-state index in [-0.39, 0.29) is 22.8 Å². The van der Waals surface area contributed by atoms with Gasteiger partial charge in [0, 0.05) is 31.7 Å². The number of nitrogens with zero attached hydrogens (tertiary/aromatic N) is 7. The number of amides is 1. The Hall–Kier alpha value is -6.84. The number of nitrogens with one attached hydrogen (secondary N) is 5. The maximum Gasteiger partial charge on any atom is 0.410 e. The summed E-state index contributed by atoms with van der Waals surface area (Å²) in [5.41, 5.74) is 7.07. The number of piperidine rings is 3. The van der Waals surface area contributed by atoms with Crippen LogP contribution < -0.4 is 27.3 Å². The van der Waals surface area contributed by atoms with Gasteiger partial charge in [-0.05, 0) is 192 Å². The van der Waals surface area contributed by atoms with Crippen molar-refractivity contribution in [3.8, 4) is 34.6 Å². The van der Waals surface area contributed by atoms with Crippen LogP contribution >= 0.6 is 34.0 Å². The van der Waals surface area contributed by atoms with E-state index in [1.165, 1.54) is 70.8 Å². The number of thiophene rings is 3. The summed E-state index contributed by atoms with van der Waals surface area (Å²) in [5, 5.41) is 13.1. The van der Waals surface area contributed by atoms with Crippen LogP contribution in [0.15, 0.2) is 104 Å². The lowest BCUT2D eigenvalue weighted by Crippen LogP contribution is -2.43. The summed E-state index contributed by atoms with van der Waals surface area (Å²) in [6.45, 7) is 11.3. The monoisotopic (exact) mass is 1080 g/mol. The number of pyridine rings is 3. The lowest BCUT2D eigenvalue weighted by atomic mass is 9.92. The Bertz CT molecular complexity index is 3430. The number of rotatable bonds is 9. The highest BCUT2D eigenvalue weighted by molar-refractivity contribution is 7.17. The lowest BCUT2D eigenvalue weighted by molar-refractivity contribution is 0.0166. The molecule has 0 radical (unpaired) electrons. The second kappa shape index (κ2) is 24.0. The standard InChI is InChI=1S/C22H26N4O3S.2C17H18N4OS/c1-22(2,3)29-21(28)26-10-6-7-14(12-26)11-15-13-30-18-17(15)24-19(25-20(18)27)16-8-4-5-9-23-16;2*22-17-15-14(20-16(21-17)13-5-1-2-7-19-13)12(10-23-15)8-11-4-3-6-18-9-11/h4-5,8-9,13-14H,6-7,10-12H2,1-3H3,(H,24,25,27);2*1-2,5,7,10-11,18H,3-4,6,8-9H2,(H,20,21,22). The Balaban J connectivity index is 0.000000131. The third kappa shape index (κ3) is 12.9. The fourth-order valence-corrected chi connectivity index (χ4v) is 12.8. The maximum atomic E-state index is 12.6. The second-order valence-electron chi connectivity index (χ2n) is 20.7. The Morgan fingerprint density at radius 2 is 0.974 bits per heavy atom. The van der Waals surface area contributed by atoms with E-state index in [0.717, 1.165) is 86.9 Å². The van der Waals surface area contributed by atoms with Crippen molar-refractivity contribution in [1.29, 1.82) is 0 Å². The zero-order chi connectivity index (χ0) is 52.6. The molecule has 0 spiro atoms. The molecule has 394 valence electrons. The van der Waals surface area contributed by atoms with Crippen LogP contribution in [0.5, 0.6) is 0 Å². The van der Waals surface area contributed by atoms with Gasteiger partial charge in [0.25, 0.3) is 16.7 Å². The maximum absolute atomic E-state index is 12.6. The Morgan fingerprint density at radius 3 is 1.33 bits per heavy atom. The minimum atomic E-state index is -0.500. The Kier molecular flexibility index (Phi) is 16.6. The van der Waals surface area contributed by atoms with E-state index in [2.05, 4.69) is 51.3 Å². The van der Waals surface area contributed by atoms with E-state index in [9.17, 15) is 19.2 Å². The molecule has 3 saturated heterocycles. The van der Waals surface area contributed by atoms with Gasteiger partial charge in [0.15, 0.2) is 17.5 Å². The van der Waals surface area contributed by atoms with Gasteiger partial charge >= 0.3 is 6.09 Å². The molecule has 20 heteroatoms. The Labute approximate surface area is 451 Å². The second-order valence-corrected chi connectivity index (χ2v) is 23.3. The van der Waals surface area contributed by atoms with Gasteiger partial charge in [0.05, 0.1) is 16.6 Å². The van der Waals surface area contributed by atoms with Gasteiger partial charge in [-0.1, -0.05) is 18.2 Å². The van der Waals surface area contributed by atoms with Crippen LogP contribution in [0, 0.1) is 17.8 Å². The molecule has 3 fully saturated rings. The van der Waals surface area contributed by atoms with Gasteiger partial charge in [-0.15, -0.1) is 34.0 Å². The zero-order valence-electron chi connectivity index (χ0n) is 42.9. The number of hydrogen-bond acceptors (Lipinski definition) is 16.